The van der Waals surface area contributed by atoms with Gasteiger partial charge in [-0.25, -0.2) is 0 Å². The molecule has 1 heterocycles. The van der Waals surface area contributed by atoms with Crippen LogP contribution in [0.4, 0.5) is 0 Å². The van der Waals surface area contributed by atoms with Crippen LogP contribution >= 0.6 is 11.3 Å². The predicted molar refractivity (Wildman–Crippen MR) is 79.0 cm³/mol. The molecule has 2 atom stereocenters. The molecule has 18 heavy (non-hydrogen) atoms. The Bertz CT molecular complexity index is 391. The first kappa shape index (κ1) is 12.7. The number of thiophene rings is 1. The maximum absolute atomic E-state index is 3.76. The van der Waals surface area contributed by atoms with Gasteiger partial charge in [0.15, 0.2) is 0 Å². The van der Waals surface area contributed by atoms with Gasteiger partial charge in [-0.3, -0.25) is 0 Å². The third-order valence-corrected chi connectivity index (χ3v) is 5.46. The number of hydrogen-bond acceptors (Lipinski definition) is 2. The van der Waals surface area contributed by atoms with Crippen molar-refractivity contribution >= 4 is 11.3 Å². The molecule has 1 aromatic heterocycles. The standard InChI is InChI=1S/C16H25NS/c1-15(2,3)17-11-16(8-12-7-13(12)9-16)10-14-5-4-6-18-14/h4-6,12-13,17H,7-11H2,1-3H3. The fourth-order valence-electron chi connectivity index (χ4n) is 3.59. The lowest BCUT2D eigenvalue weighted by molar-refractivity contribution is 0.223. The summed E-state index contributed by atoms with van der Waals surface area (Å²) < 4.78 is 0. The zero-order valence-electron chi connectivity index (χ0n) is 11.8. The van der Waals surface area contributed by atoms with Crippen molar-refractivity contribution in [2.24, 2.45) is 17.3 Å². The van der Waals surface area contributed by atoms with Crippen molar-refractivity contribution in [3.63, 3.8) is 0 Å². The Morgan fingerprint density at radius 2 is 2.06 bits per heavy atom. The summed E-state index contributed by atoms with van der Waals surface area (Å²) in [6.07, 6.45) is 5.72. The van der Waals surface area contributed by atoms with Crippen molar-refractivity contribution in [1.82, 2.24) is 5.32 Å². The van der Waals surface area contributed by atoms with Crippen LogP contribution in [0.2, 0.25) is 0 Å². The Morgan fingerprint density at radius 1 is 1.33 bits per heavy atom. The van der Waals surface area contributed by atoms with E-state index >= 15 is 0 Å². The van der Waals surface area contributed by atoms with E-state index in [0.717, 1.165) is 11.8 Å². The minimum Gasteiger partial charge on any atom is -0.312 e. The molecule has 0 aliphatic heterocycles. The molecular formula is C16H25NS. The maximum Gasteiger partial charge on any atom is 0.00967 e. The average molecular weight is 263 g/mol. The predicted octanol–water partition coefficient (Wildman–Crippen LogP) is 4.10. The van der Waals surface area contributed by atoms with E-state index in [0.29, 0.717) is 5.41 Å². The molecule has 1 aromatic rings. The second kappa shape index (κ2) is 4.35. The first-order valence-corrected chi connectivity index (χ1v) is 8.11. The van der Waals surface area contributed by atoms with Crippen LogP contribution in [0, 0.1) is 17.3 Å². The molecule has 2 heteroatoms. The van der Waals surface area contributed by atoms with Gasteiger partial charge in [0, 0.05) is 17.0 Å². The molecule has 2 aliphatic carbocycles. The Balaban J connectivity index is 1.68. The normalized spacial score (nSPS) is 34.6. The molecule has 1 N–H and O–H groups in total. The van der Waals surface area contributed by atoms with Crippen LogP contribution < -0.4 is 5.32 Å². The molecule has 0 saturated heterocycles. The van der Waals surface area contributed by atoms with Crippen LogP contribution in [-0.4, -0.2) is 12.1 Å². The van der Waals surface area contributed by atoms with Gasteiger partial charge in [0.2, 0.25) is 0 Å². The lowest BCUT2D eigenvalue weighted by Crippen LogP contribution is -2.44. The first-order chi connectivity index (χ1) is 8.46. The number of hydrogen-bond donors (Lipinski definition) is 1. The minimum absolute atomic E-state index is 0.245. The van der Waals surface area contributed by atoms with E-state index in [1.807, 2.05) is 11.3 Å². The number of rotatable bonds is 4. The molecule has 2 unspecified atom stereocenters. The molecule has 100 valence electrons. The maximum atomic E-state index is 3.76. The van der Waals surface area contributed by atoms with Crippen molar-refractivity contribution in [3.05, 3.63) is 22.4 Å². The molecule has 2 saturated carbocycles. The summed E-state index contributed by atoms with van der Waals surface area (Å²) in [6.45, 7) is 8.03. The van der Waals surface area contributed by atoms with Crippen LogP contribution in [0.25, 0.3) is 0 Å². The molecule has 3 rings (SSSR count). The summed E-state index contributed by atoms with van der Waals surface area (Å²) in [6, 6.07) is 4.51. The largest absolute Gasteiger partial charge is 0.312 e. The van der Waals surface area contributed by atoms with Gasteiger partial charge in [0.25, 0.3) is 0 Å². The highest BCUT2D eigenvalue weighted by Gasteiger charge is 2.53. The molecule has 0 amide bonds. The van der Waals surface area contributed by atoms with Gasteiger partial charge in [-0.05, 0) is 75.2 Å². The van der Waals surface area contributed by atoms with E-state index in [1.165, 1.54) is 32.2 Å². The topological polar surface area (TPSA) is 12.0 Å². The summed E-state index contributed by atoms with van der Waals surface area (Å²) in [7, 11) is 0. The van der Waals surface area contributed by atoms with Crippen molar-refractivity contribution < 1.29 is 0 Å². The van der Waals surface area contributed by atoms with E-state index < -0.39 is 0 Å². The van der Waals surface area contributed by atoms with Crippen molar-refractivity contribution in [2.45, 2.75) is 52.0 Å². The van der Waals surface area contributed by atoms with Crippen molar-refractivity contribution in [3.8, 4) is 0 Å². The average Bonchev–Trinajstić information content (AvgIpc) is 2.73. The van der Waals surface area contributed by atoms with Crippen LogP contribution in [0.15, 0.2) is 17.5 Å². The zero-order valence-corrected chi connectivity index (χ0v) is 12.6. The van der Waals surface area contributed by atoms with Gasteiger partial charge >= 0.3 is 0 Å². The molecule has 0 aromatic carbocycles. The minimum atomic E-state index is 0.245. The Hall–Kier alpha value is -0.340. The van der Waals surface area contributed by atoms with E-state index in [4.69, 9.17) is 0 Å². The smallest absolute Gasteiger partial charge is 0.00967 e. The van der Waals surface area contributed by atoms with E-state index in [9.17, 15) is 0 Å². The monoisotopic (exact) mass is 263 g/mol. The zero-order chi connectivity index (χ0) is 12.8. The second-order valence-electron chi connectivity index (χ2n) is 7.52. The number of fused-ring (bicyclic) bond motifs is 1. The summed E-state index contributed by atoms with van der Waals surface area (Å²) in [5.74, 6) is 2.12. The van der Waals surface area contributed by atoms with Gasteiger partial charge in [-0.1, -0.05) is 6.07 Å². The third kappa shape index (κ3) is 2.80. The Morgan fingerprint density at radius 3 is 2.61 bits per heavy atom. The van der Waals surface area contributed by atoms with Crippen LogP contribution in [0.5, 0.6) is 0 Å². The van der Waals surface area contributed by atoms with Gasteiger partial charge in [0.1, 0.15) is 0 Å². The highest BCUT2D eigenvalue weighted by Crippen LogP contribution is 2.60. The highest BCUT2D eigenvalue weighted by molar-refractivity contribution is 7.09. The molecule has 0 bridgehead atoms. The van der Waals surface area contributed by atoms with Gasteiger partial charge in [0.05, 0.1) is 0 Å². The quantitative estimate of drug-likeness (QED) is 0.862. The van der Waals surface area contributed by atoms with Gasteiger partial charge in [-0.15, -0.1) is 11.3 Å². The first-order valence-electron chi connectivity index (χ1n) is 7.23. The lowest BCUT2D eigenvalue weighted by atomic mass is 9.78. The summed E-state index contributed by atoms with van der Waals surface area (Å²) >= 11 is 1.93. The number of nitrogens with one attached hydrogen (secondary N) is 1. The lowest BCUT2D eigenvalue weighted by Gasteiger charge is -2.34. The Labute approximate surface area is 115 Å². The summed E-state index contributed by atoms with van der Waals surface area (Å²) in [5.41, 5.74) is 0.793. The fraction of sp³-hybridized carbons (Fsp3) is 0.750. The Kier molecular flexibility index (Phi) is 3.06. The van der Waals surface area contributed by atoms with Crippen LogP contribution in [0.1, 0.15) is 44.9 Å². The fourth-order valence-corrected chi connectivity index (χ4v) is 4.47. The summed E-state index contributed by atoms with van der Waals surface area (Å²) in [4.78, 5) is 1.58. The van der Waals surface area contributed by atoms with Gasteiger partial charge < -0.3 is 5.32 Å². The molecule has 1 nitrogen and oxygen atoms in total. The van der Waals surface area contributed by atoms with Crippen molar-refractivity contribution in [2.75, 3.05) is 6.54 Å². The molecule has 0 spiro atoms. The SMILES string of the molecule is CC(C)(C)NCC1(Cc2cccs2)CC2CC2C1. The van der Waals surface area contributed by atoms with E-state index in [2.05, 4.69) is 43.6 Å². The summed E-state index contributed by atoms with van der Waals surface area (Å²) in [5, 5.41) is 5.98. The van der Waals surface area contributed by atoms with E-state index in [-0.39, 0.29) is 5.54 Å². The van der Waals surface area contributed by atoms with Gasteiger partial charge in [-0.2, -0.15) is 0 Å². The highest BCUT2D eigenvalue weighted by atomic mass is 32.1. The molecule has 2 aliphatic rings. The molecule has 2 fully saturated rings. The third-order valence-electron chi connectivity index (χ3n) is 4.58. The van der Waals surface area contributed by atoms with Crippen LogP contribution in [0.3, 0.4) is 0 Å². The van der Waals surface area contributed by atoms with Crippen LogP contribution in [-0.2, 0) is 6.42 Å². The van der Waals surface area contributed by atoms with E-state index in [1.54, 1.807) is 4.88 Å². The van der Waals surface area contributed by atoms with Crippen molar-refractivity contribution in [1.29, 1.82) is 0 Å². The molecular weight excluding hydrogens is 238 g/mol. The second-order valence-corrected chi connectivity index (χ2v) is 8.56. The molecule has 0 radical (unpaired) electrons.